The fourth-order valence-electron chi connectivity index (χ4n) is 0.940. The smallest absolute Gasteiger partial charge is 0.324 e. The van der Waals surface area contributed by atoms with Gasteiger partial charge in [0.1, 0.15) is 6.04 Å². The summed E-state index contributed by atoms with van der Waals surface area (Å²) in [6, 6.07) is -0.242. The van der Waals surface area contributed by atoms with Crippen LogP contribution in [0.4, 0.5) is 0 Å². The van der Waals surface area contributed by atoms with Gasteiger partial charge in [-0.2, -0.15) is 0 Å². The fourth-order valence-corrected chi connectivity index (χ4v) is 0.940. The zero-order valence-corrected chi connectivity index (χ0v) is 7.07. The van der Waals surface area contributed by atoms with Gasteiger partial charge < -0.3 is 9.47 Å². The van der Waals surface area contributed by atoms with E-state index >= 15 is 0 Å². The third-order valence-corrected chi connectivity index (χ3v) is 1.75. The summed E-state index contributed by atoms with van der Waals surface area (Å²) in [5.74, 6) is -0.625. The van der Waals surface area contributed by atoms with Gasteiger partial charge in [-0.25, -0.2) is 0 Å². The van der Waals surface area contributed by atoms with Crippen LogP contribution < -0.4 is 0 Å². The molecule has 0 radical (unpaired) electrons. The van der Waals surface area contributed by atoms with Crippen LogP contribution in [0.15, 0.2) is 0 Å². The van der Waals surface area contributed by atoms with Crippen LogP contribution >= 0.6 is 0 Å². The van der Waals surface area contributed by atoms with Crippen LogP contribution in [0.25, 0.3) is 0 Å². The van der Waals surface area contributed by atoms with Gasteiger partial charge in [0, 0.05) is 6.54 Å². The summed E-state index contributed by atoms with van der Waals surface area (Å²) in [7, 11) is 2.65. The zero-order chi connectivity index (χ0) is 9.14. The molecule has 0 aromatic carbocycles. The van der Waals surface area contributed by atoms with Crippen molar-refractivity contribution < 1.29 is 19.1 Å². The van der Waals surface area contributed by atoms with Crippen molar-refractivity contribution in [3.05, 3.63) is 0 Å². The van der Waals surface area contributed by atoms with Crippen LogP contribution in [0, 0.1) is 0 Å². The summed E-state index contributed by atoms with van der Waals surface area (Å²) in [5, 5.41) is 0. The number of hydrogen-bond acceptors (Lipinski definition) is 5. The van der Waals surface area contributed by atoms with E-state index in [0.717, 1.165) is 0 Å². The van der Waals surface area contributed by atoms with Gasteiger partial charge in [-0.15, -0.1) is 0 Å². The number of hydrogen-bond donors (Lipinski definition) is 0. The highest BCUT2D eigenvalue weighted by Gasteiger charge is 2.42. The molecule has 2 atom stereocenters. The molecule has 1 heterocycles. The molecule has 0 aromatic rings. The highest BCUT2D eigenvalue weighted by molar-refractivity contribution is 5.81. The number of methoxy groups -OCH3 is 2. The maximum atomic E-state index is 10.8. The Hall–Kier alpha value is -1.10. The lowest BCUT2D eigenvalue weighted by molar-refractivity contribution is -0.142. The lowest BCUT2D eigenvalue weighted by Gasteiger charge is -2.00. The third-order valence-electron chi connectivity index (χ3n) is 1.75. The average Bonchev–Trinajstić information content (AvgIpc) is 2.82. The minimum absolute atomic E-state index is 0.163. The third kappa shape index (κ3) is 1.94. The molecule has 1 aliphatic heterocycles. The van der Waals surface area contributed by atoms with Crippen molar-refractivity contribution in [3.8, 4) is 0 Å². The number of rotatable bonds is 3. The normalized spacial score (nSPS) is 26.2. The molecule has 68 valence electrons. The monoisotopic (exact) mass is 173 g/mol. The quantitative estimate of drug-likeness (QED) is 0.405. The van der Waals surface area contributed by atoms with Crippen LogP contribution in [0.3, 0.4) is 0 Å². The standard InChI is InChI=1S/C7H11NO4/c1-11-6(9)4-8-3-5(8)7(10)12-2/h5H,3-4H2,1-2H3. The Bertz CT molecular complexity index is 204. The maximum Gasteiger partial charge on any atom is 0.324 e. The Morgan fingerprint density at radius 1 is 1.42 bits per heavy atom. The van der Waals surface area contributed by atoms with Gasteiger partial charge in [-0.05, 0) is 0 Å². The SMILES string of the molecule is COC(=O)CN1CC1C(=O)OC. The number of ether oxygens (including phenoxy) is 2. The Balaban J connectivity index is 2.24. The van der Waals surface area contributed by atoms with Crippen molar-refractivity contribution in [3.63, 3.8) is 0 Å². The van der Waals surface area contributed by atoms with E-state index in [9.17, 15) is 9.59 Å². The molecule has 1 saturated heterocycles. The molecule has 0 amide bonds. The molecule has 0 aromatic heterocycles. The zero-order valence-electron chi connectivity index (χ0n) is 7.07. The molecular formula is C7H11NO4. The molecule has 1 rings (SSSR count). The Morgan fingerprint density at radius 3 is 2.58 bits per heavy atom. The molecule has 1 aliphatic rings. The first-order chi connectivity index (χ1) is 5.69. The second-order valence-electron chi connectivity index (χ2n) is 2.54. The highest BCUT2D eigenvalue weighted by atomic mass is 16.5. The highest BCUT2D eigenvalue weighted by Crippen LogP contribution is 2.17. The predicted octanol–water partition coefficient (Wildman–Crippen LogP) is -0.983. The minimum atomic E-state index is -0.332. The number of esters is 2. The molecule has 0 spiro atoms. The first-order valence-corrected chi connectivity index (χ1v) is 3.57. The van der Waals surface area contributed by atoms with Gasteiger partial charge in [0.05, 0.1) is 20.8 Å². The second kappa shape index (κ2) is 3.53. The largest absolute Gasteiger partial charge is 0.468 e. The van der Waals surface area contributed by atoms with Crippen LogP contribution in [0.1, 0.15) is 0 Å². The lowest BCUT2D eigenvalue weighted by Crippen LogP contribution is -2.20. The van der Waals surface area contributed by atoms with Crippen LogP contribution in [0.5, 0.6) is 0 Å². The topological polar surface area (TPSA) is 55.6 Å². The van der Waals surface area contributed by atoms with Crippen molar-refractivity contribution >= 4 is 11.9 Å². The summed E-state index contributed by atoms with van der Waals surface area (Å²) in [6.45, 7) is 0.748. The average molecular weight is 173 g/mol. The van der Waals surface area contributed by atoms with Gasteiger partial charge >= 0.3 is 11.9 Å². The van der Waals surface area contributed by atoms with Crippen molar-refractivity contribution in [1.29, 1.82) is 0 Å². The van der Waals surface area contributed by atoms with E-state index < -0.39 is 0 Å². The van der Waals surface area contributed by atoms with E-state index in [-0.39, 0.29) is 24.5 Å². The molecule has 0 bridgehead atoms. The van der Waals surface area contributed by atoms with Crippen molar-refractivity contribution in [2.45, 2.75) is 6.04 Å². The fraction of sp³-hybridized carbons (Fsp3) is 0.714. The van der Waals surface area contributed by atoms with Gasteiger partial charge in [0.15, 0.2) is 0 Å². The van der Waals surface area contributed by atoms with Crippen LogP contribution in [-0.4, -0.2) is 50.2 Å². The molecule has 5 nitrogen and oxygen atoms in total. The van der Waals surface area contributed by atoms with Crippen molar-refractivity contribution in [1.82, 2.24) is 4.90 Å². The molecule has 0 aliphatic carbocycles. The molecule has 12 heavy (non-hydrogen) atoms. The van der Waals surface area contributed by atoms with Gasteiger partial charge in [0.25, 0.3) is 0 Å². The van der Waals surface area contributed by atoms with Gasteiger partial charge in [0.2, 0.25) is 0 Å². The summed E-state index contributed by atoms with van der Waals surface area (Å²) in [6.07, 6.45) is 0. The Labute approximate surface area is 70.2 Å². The molecule has 0 saturated carbocycles. The van der Waals surface area contributed by atoms with Crippen LogP contribution in [-0.2, 0) is 19.1 Å². The van der Waals surface area contributed by atoms with Gasteiger partial charge in [-0.1, -0.05) is 0 Å². The summed E-state index contributed by atoms with van der Waals surface area (Å²) in [4.78, 5) is 23.2. The molecule has 0 N–H and O–H groups in total. The number of carbonyl (C=O) groups excluding carboxylic acids is 2. The van der Waals surface area contributed by atoms with E-state index in [2.05, 4.69) is 9.47 Å². The Kier molecular flexibility index (Phi) is 2.65. The first-order valence-electron chi connectivity index (χ1n) is 3.57. The van der Waals surface area contributed by atoms with E-state index in [1.54, 1.807) is 4.90 Å². The van der Waals surface area contributed by atoms with Crippen molar-refractivity contribution in [2.75, 3.05) is 27.3 Å². The summed E-state index contributed by atoms with van der Waals surface area (Å²) in [5.41, 5.74) is 0. The molecular weight excluding hydrogens is 162 g/mol. The van der Waals surface area contributed by atoms with E-state index in [1.165, 1.54) is 14.2 Å². The number of carbonyl (C=O) groups is 2. The van der Waals surface area contributed by atoms with E-state index in [4.69, 9.17) is 0 Å². The maximum absolute atomic E-state index is 10.8. The minimum Gasteiger partial charge on any atom is -0.468 e. The molecule has 1 fully saturated rings. The first kappa shape index (κ1) is 8.99. The van der Waals surface area contributed by atoms with Gasteiger partial charge in [-0.3, -0.25) is 14.5 Å². The van der Waals surface area contributed by atoms with E-state index in [1.807, 2.05) is 0 Å². The summed E-state index contributed by atoms with van der Waals surface area (Å²) >= 11 is 0. The number of nitrogens with zero attached hydrogens (tertiary/aromatic N) is 1. The summed E-state index contributed by atoms with van der Waals surface area (Å²) < 4.78 is 8.92. The molecule has 2 unspecified atom stereocenters. The second-order valence-corrected chi connectivity index (χ2v) is 2.54. The predicted molar refractivity (Wildman–Crippen MR) is 39.4 cm³/mol. The van der Waals surface area contributed by atoms with E-state index in [0.29, 0.717) is 6.54 Å². The van der Waals surface area contributed by atoms with Crippen molar-refractivity contribution in [2.24, 2.45) is 0 Å². The Morgan fingerprint density at radius 2 is 2.08 bits per heavy atom. The molecule has 5 heteroatoms. The van der Waals surface area contributed by atoms with Crippen LogP contribution in [0.2, 0.25) is 0 Å². The lowest BCUT2D eigenvalue weighted by atomic mass is 10.5.